The van der Waals surface area contributed by atoms with Crippen LogP contribution in [0.4, 0.5) is 9.52 Å². The lowest BCUT2D eigenvalue weighted by Crippen LogP contribution is -2.14. The molecule has 2 aromatic carbocycles. The maximum Gasteiger partial charge on any atom is 0.232 e. The molecule has 11 heteroatoms. The number of rotatable bonds is 6. The summed E-state index contributed by atoms with van der Waals surface area (Å²) in [6.45, 7) is 0. The van der Waals surface area contributed by atoms with Gasteiger partial charge in [-0.3, -0.25) is 4.79 Å². The number of halogens is 1. The molecule has 1 amide bonds. The van der Waals surface area contributed by atoms with Gasteiger partial charge in [0.15, 0.2) is 5.13 Å². The molecule has 0 unspecified atom stereocenters. The van der Waals surface area contributed by atoms with Crippen molar-refractivity contribution in [2.24, 2.45) is 0 Å². The van der Waals surface area contributed by atoms with Crippen LogP contribution in [0.3, 0.4) is 0 Å². The third-order valence-electron chi connectivity index (χ3n) is 4.49. The molecule has 1 N–H and O–H groups in total. The zero-order valence-electron chi connectivity index (χ0n) is 16.3. The topological polar surface area (TPSA) is 112 Å². The number of anilines is 1. The van der Waals surface area contributed by atoms with Crippen molar-refractivity contribution in [3.63, 3.8) is 0 Å². The number of thiazole rings is 1. The molecule has 5 rings (SSSR count). The number of hydrogen-bond donors (Lipinski definition) is 1. The van der Waals surface area contributed by atoms with E-state index in [2.05, 4.69) is 30.8 Å². The molecule has 0 atom stereocenters. The Kier molecular flexibility index (Phi) is 5.22. The molecule has 32 heavy (non-hydrogen) atoms. The molecular formula is C21H14FN7O2S. The summed E-state index contributed by atoms with van der Waals surface area (Å²) in [4.78, 5) is 21.2. The molecule has 0 spiro atoms. The number of carbonyl (C=O) groups excluding carboxylic acids is 1. The van der Waals surface area contributed by atoms with Crippen LogP contribution in [0, 0.1) is 5.82 Å². The molecule has 0 radical (unpaired) electrons. The normalized spacial score (nSPS) is 10.9. The quantitative estimate of drug-likeness (QED) is 0.422. The highest BCUT2D eigenvalue weighted by Gasteiger charge is 2.13. The van der Waals surface area contributed by atoms with Crippen molar-refractivity contribution in [1.29, 1.82) is 0 Å². The van der Waals surface area contributed by atoms with Crippen LogP contribution in [0.1, 0.15) is 5.69 Å². The average Bonchev–Trinajstić information content (AvgIpc) is 3.57. The third kappa shape index (κ3) is 4.27. The van der Waals surface area contributed by atoms with Gasteiger partial charge in [0.05, 0.1) is 23.5 Å². The number of oxazole rings is 1. The number of carbonyl (C=O) groups is 1. The van der Waals surface area contributed by atoms with Crippen molar-refractivity contribution in [3.8, 4) is 28.4 Å². The lowest BCUT2D eigenvalue weighted by atomic mass is 10.1. The molecule has 5 aromatic rings. The van der Waals surface area contributed by atoms with Crippen LogP contribution in [0.2, 0.25) is 0 Å². The van der Waals surface area contributed by atoms with Crippen molar-refractivity contribution < 1.29 is 13.6 Å². The Labute approximate surface area is 184 Å². The van der Waals surface area contributed by atoms with Gasteiger partial charge in [0.1, 0.15) is 18.4 Å². The molecule has 0 aliphatic carbocycles. The summed E-state index contributed by atoms with van der Waals surface area (Å²) in [5.74, 6) is -0.288. The fourth-order valence-corrected chi connectivity index (χ4v) is 3.73. The summed E-state index contributed by atoms with van der Waals surface area (Å²) in [6, 6.07) is 13.4. The first kappa shape index (κ1) is 19.7. The molecule has 0 aliphatic rings. The zero-order chi connectivity index (χ0) is 21.9. The Hall–Kier alpha value is -4.25. The Bertz CT molecular complexity index is 1360. The molecule has 0 aliphatic heterocycles. The molecular weight excluding hydrogens is 433 g/mol. The molecule has 158 valence electrons. The highest BCUT2D eigenvalue weighted by molar-refractivity contribution is 7.14. The van der Waals surface area contributed by atoms with Gasteiger partial charge >= 0.3 is 0 Å². The molecule has 0 saturated carbocycles. The summed E-state index contributed by atoms with van der Waals surface area (Å²) in [5.41, 5.74) is 3.49. The van der Waals surface area contributed by atoms with E-state index in [1.54, 1.807) is 16.8 Å². The van der Waals surface area contributed by atoms with Gasteiger partial charge in [0.25, 0.3) is 0 Å². The van der Waals surface area contributed by atoms with Crippen LogP contribution >= 0.6 is 11.3 Å². The highest BCUT2D eigenvalue weighted by atomic mass is 32.1. The summed E-state index contributed by atoms with van der Waals surface area (Å²) >= 11 is 1.32. The van der Waals surface area contributed by atoms with E-state index in [1.165, 1.54) is 36.1 Å². The summed E-state index contributed by atoms with van der Waals surface area (Å²) in [6.07, 6.45) is 2.95. The monoisotopic (exact) mass is 447 g/mol. The Balaban J connectivity index is 1.25. The van der Waals surface area contributed by atoms with Crippen molar-refractivity contribution in [2.75, 3.05) is 5.32 Å². The predicted octanol–water partition coefficient (Wildman–Crippen LogP) is 3.76. The maximum absolute atomic E-state index is 13.1. The first-order valence-corrected chi connectivity index (χ1v) is 10.3. The van der Waals surface area contributed by atoms with Gasteiger partial charge in [-0.2, -0.15) is 0 Å². The Morgan fingerprint density at radius 3 is 2.81 bits per heavy atom. The maximum atomic E-state index is 13.1. The van der Waals surface area contributed by atoms with E-state index in [4.69, 9.17) is 4.42 Å². The summed E-state index contributed by atoms with van der Waals surface area (Å²) < 4.78 is 20.0. The largest absolute Gasteiger partial charge is 0.444 e. The SMILES string of the molecule is O=C(Cc1coc(-c2ccc(F)cc2)n1)Nc1nc(-c2cccc(-n3cnnn3)c2)cs1. The van der Waals surface area contributed by atoms with Crippen LogP contribution in [0.5, 0.6) is 0 Å². The molecule has 9 nitrogen and oxygen atoms in total. The van der Waals surface area contributed by atoms with Crippen molar-refractivity contribution in [1.82, 2.24) is 30.2 Å². The number of aromatic nitrogens is 6. The lowest BCUT2D eigenvalue weighted by Gasteiger charge is -2.02. The number of tetrazole rings is 1. The van der Waals surface area contributed by atoms with Crippen LogP contribution < -0.4 is 5.32 Å². The highest BCUT2D eigenvalue weighted by Crippen LogP contribution is 2.26. The smallest absolute Gasteiger partial charge is 0.232 e. The second-order valence-electron chi connectivity index (χ2n) is 6.72. The van der Waals surface area contributed by atoms with E-state index in [0.717, 1.165) is 16.9 Å². The summed E-state index contributed by atoms with van der Waals surface area (Å²) in [7, 11) is 0. The van der Waals surface area contributed by atoms with Crippen molar-refractivity contribution in [2.45, 2.75) is 6.42 Å². The van der Waals surface area contributed by atoms with Crippen LogP contribution in [0.15, 0.2) is 70.9 Å². The van der Waals surface area contributed by atoms with Gasteiger partial charge < -0.3 is 9.73 Å². The molecule has 3 aromatic heterocycles. The minimum Gasteiger partial charge on any atom is -0.444 e. The van der Waals surface area contributed by atoms with E-state index >= 15 is 0 Å². The number of amides is 1. The number of hydrogen-bond acceptors (Lipinski definition) is 8. The second kappa shape index (κ2) is 8.47. The van der Waals surface area contributed by atoms with Gasteiger partial charge in [-0.15, -0.1) is 16.4 Å². The lowest BCUT2D eigenvalue weighted by molar-refractivity contribution is -0.115. The van der Waals surface area contributed by atoms with Gasteiger partial charge in [0, 0.05) is 16.5 Å². The number of benzene rings is 2. The Morgan fingerprint density at radius 1 is 1.12 bits per heavy atom. The van der Waals surface area contributed by atoms with E-state index in [-0.39, 0.29) is 18.1 Å². The average molecular weight is 447 g/mol. The molecule has 3 heterocycles. The minimum atomic E-state index is -0.343. The van der Waals surface area contributed by atoms with Gasteiger partial charge in [0.2, 0.25) is 11.8 Å². The van der Waals surface area contributed by atoms with Gasteiger partial charge in [-0.25, -0.2) is 19.0 Å². The number of nitrogens with zero attached hydrogens (tertiary/aromatic N) is 6. The molecule has 0 fully saturated rings. The fraction of sp³-hybridized carbons (Fsp3) is 0.0476. The molecule has 0 bridgehead atoms. The standard InChI is InChI=1S/C21H14FN7O2S/c22-15-6-4-13(5-7-15)20-24-16(10-31-20)9-19(30)26-21-25-18(11-32-21)14-2-1-3-17(8-14)29-12-23-27-28-29/h1-8,10-12H,9H2,(H,25,26,30). The van der Waals surface area contributed by atoms with Crippen molar-refractivity contribution >= 4 is 22.4 Å². The minimum absolute atomic E-state index is 0.0222. The van der Waals surface area contributed by atoms with Gasteiger partial charge in [-0.1, -0.05) is 12.1 Å². The first-order valence-electron chi connectivity index (χ1n) is 9.43. The van der Waals surface area contributed by atoms with E-state index in [1.807, 2.05) is 29.6 Å². The van der Waals surface area contributed by atoms with Crippen molar-refractivity contribution in [3.05, 3.63) is 78.0 Å². The fourth-order valence-electron chi connectivity index (χ4n) is 2.99. The zero-order valence-corrected chi connectivity index (χ0v) is 17.2. The van der Waals surface area contributed by atoms with E-state index < -0.39 is 0 Å². The first-order chi connectivity index (χ1) is 15.6. The van der Waals surface area contributed by atoms with Gasteiger partial charge in [-0.05, 0) is 46.8 Å². The number of nitrogens with one attached hydrogen (secondary N) is 1. The Morgan fingerprint density at radius 2 is 2.00 bits per heavy atom. The van der Waals surface area contributed by atoms with Crippen LogP contribution in [-0.2, 0) is 11.2 Å². The second-order valence-corrected chi connectivity index (χ2v) is 7.58. The van der Waals surface area contributed by atoms with Crippen LogP contribution in [-0.4, -0.2) is 36.1 Å². The van der Waals surface area contributed by atoms with Crippen LogP contribution in [0.25, 0.3) is 28.4 Å². The van der Waals surface area contributed by atoms with E-state index in [9.17, 15) is 9.18 Å². The third-order valence-corrected chi connectivity index (χ3v) is 5.25. The van der Waals surface area contributed by atoms with E-state index in [0.29, 0.717) is 22.3 Å². The molecule has 0 saturated heterocycles. The predicted molar refractivity (Wildman–Crippen MR) is 114 cm³/mol. The summed E-state index contributed by atoms with van der Waals surface area (Å²) in [5, 5.41) is 16.3.